The van der Waals surface area contributed by atoms with E-state index in [0.29, 0.717) is 0 Å². The highest BCUT2D eigenvalue weighted by molar-refractivity contribution is 7.10. The number of nitrogens with zero attached hydrogens (tertiary/aromatic N) is 3. The number of aryl methyl sites for hydroxylation is 1. The van der Waals surface area contributed by atoms with Gasteiger partial charge in [0.1, 0.15) is 5.82 Å². The first-order valence-corrected chi connectivity index (χ1v) is 8.10. The van der Waals surface area contributed by atoms with Crippen molar-refractivity contribution in [3.63, 3.8) is 0 Å². The minimum atomic E-state index is -0.00429. The summed E-state index contributed by atoms with van der Waals surface area (Å²) in [7, 11) is 0. The van der Waals surface area contributed by atoms with Crippen LogP contribution >= 0.6 is 22.9 Å². The van der Waals surface area contributed by atoms with Crippen molar-refractivity contribution in [2.75, 3.05) is 5.32 Å². The molecule has 104 valence electrons. The van der Waals surface area contributed by atoms with Crippen LogP contribution in [0.5, 0.6) is 0 Å². The smallest absolute Gasteiger partial charge is 0.203 e. The first kappa shape index (κ1) is 14.4. The molecular weight excluding hydrogens is 276 g/mol. The molecule has 0 fully saturated rings. The van der Waals surface area contributed by atoms with E-state index in [9.17, 15) is 0 Å². The number of nitrogens with one attached hydrogen (secondary N) is 1. The van der Waals surface area contributed by atoms with Crippen LogP contribution in [0, 0.1) is 0 Å². The SMILES string of the molecule is CCc1nc(C(C)Nc2nc(C(C)(C)C)ns2)cs1. The molecule has 0 aliphatic rings. The van der Waals surface area contributed by atoms with E-state index < -0.39 is 0 Å². The van der Waals surface area contributed by atoms with Gasteiger partial charge >= 0.3 is 0 Å². The number of hydrogen-bond donors (Lipinski definition) is 1. The molecule has 0 aromatic carbocycles. The zero-order valence-electron chi connectivity index (χ0n) is 12.0. The average molecular weight is 296 g/mol. The summed E-state index contributed by atoms with van der Waals surface area (Å²) in [5, 5.41) is 7.53. The quantitative estimate of drug-likeness (QED) is 0.925. The molecule has 0 saturated heterocycles. The molecule has 4 nitrogen and oxygen atoms in total. The molecule has 2 aromatic rings. The van der Waals surface area contributed by atoms with Gasteiger partial charge in [0.25, 0.3) is 0 Å². The third-order valence-electron chi connectivity index (χ3n) is 2.75. The Bertz CT molecular complexity index is 539. The number of aromatic nitrogens is 3. The van der Waals surface area contributed by atoms with E-state index in [-0.39, 0.29) is 11.5 Å². The molecule has 0 amide bonds. The van der Waals surface area contributed by atoms with Crippen LogP contribution in [-0.4, -0.2) is 14.3 Å². The molecule has 0 radical (unpaired) electrons. The second kappa shape index (κ2) is 5.54. The molecule has 2 aromatic heterocycles. The second-order valence-electron chi connectivity index (χ2n) is 5.56. The lowest BCUT2D eigenvalue weighted by atomic mass is 9.96. The lowest BCUT2D eigenvalue weighted by Crippen LogP contribution is -2.13. The molecule has 1 unspecified atom stereocenters. The fraction of sp³-hybridized carbons (Fsp3) is 0.615. The van der Waals surface area contributed by atoms with Gasteiger partial charge in [-0.2, -0.15) is 4.37 Å². The molecular formula is C13H20N4S2. The Labute approximate surface area is 122 Å². The molecule has 2 heterocycles. The van der Waals surface area contributed by atoms with Crippen molar-refractivity contribution in [3.8, 4) is 0 Å². The molecule has 1 N–H and O–H groups in total. The molecule has 0 aliphatic carbocycles. The van der Waals surface area contributed by atoms with E-state index in [2.05, 4.69) is 59.7 Å². The van der Waals surface area contributed by atoms with Gasteiger partial charge in [-0.15, -0.1) is 11.3 Å². The van der Waals surface area contributed by atoms with Crippen LogP contribution in [0.25, 0.3) is 0 Å². The maximum absolute atomic E-state index is 4.59. The van der Waals surface area contributed by atoms with E-state index in [1.807, 2.05) is 0 Å². The predicted molar refractivity (Wildman–Crippen MR) is 82.1 cm³/mol. The minimum Gasteiger partial charge on any atom is -0.352 e. The third-order valence-corrected chi connectivity index (χ3v) is 4.41. The Hall–Kier alpha value is -1.01. The number of thiazole rings is 1. The molecule has 0 saturated carbocycles. The maximum Gasteiger partial charge on any atom is 0.203 e. The van der Waals surface area contributed by atoms with E-state index >= 15 is 0 Å². The van der Waals surface area contributed by atoms with Gasteiger partial charge in [0.05, 0.1) is 16.7 Å². The Kier molecular flexibility index (Phi) is 4.20. The fourth-order valence-electron chi connectivity index (χ4n) is 1.53. The van der Waals surface area contributed by atoms with Crippen molar-refractivity contribution >= 4 is 28.0 Å². The van der Waals surface area contributed by atoms with Crippen LogP contribution in [0.15, 0.2) is 5.38 Å². The molecule has 2 rings (SSSR count). The monoisotopic (exact) mass is 296 g/mol. The van der Waals surface area contributed by atoms with Crippen molar-refractivity contribution in [1.29, 1.82) is 0 Å². The Morgan fingerprint density at radius 3 is 2.58 bits per heavy atom. The highest BCUT2D eigenvalue weighted by atomic mass is 32.1. The Morgan fingerprint density at radius 1 is 1.32 bits per heavy atom. The molecule has 0 spiro atoms. The van der Waals surface area contributed by atoms with Crippen molar-refractivity contribution < 1.29 is 0 Å². The van der Waals surface area contributed by atoms with Crippen LogP contribution in [0.2, 0.25) is 0 Å². The second-order valence-corrected chi connectivity index (χ2v) is 7.25. The molecule has 19 heavy (non-hydrogen) atoms. The van der Waals surface area contributed by atoms with Gasteiger partial charge in [-0.1, -0.05) is 27.7 Å². The van der Waals surface area contributed by atoms with E-state index in [0.717, 1.165) is 23.1 Å². The average Bonchev–Trinajstić information content (AvgIpc) is 2.95. The zero-order chi connectivity index (χ0) is 14.0. The number of anilines is 1. The lowest BCUT2D eigenvalue weighted by Gasteiger charge is -2.13. The normalized spacial score (nSPS) is 13.5. The minimum absolute atomic E-state index is 0.00429. The molecule has 0 aliphatic heterocycles. The zero-order valence-corrected chi connectivity index (χ0v) is 13.7. The van der Waals surface area contributed by atoms with Crippen molar-refractivity contribution in [1.82, 2.24) is 14.3 Å². The van der Waals surface area contributed by atoms with E-state index in [1.165, 1.54) is 16.5 Å². The first-order chi connectivity index (χ1) is 8.90. The van der Waals surface area contributed by atoms with Gasteiger partial charge in [0, 0.05) is 22.3 Å². The third kappa shape index (κ3) is 3.51. The van der Waals surface area contributed by atoms with E-state index in [4.69, 9.17) is 0 Å². The summed E-state index contributed by atoms with van der Waals surface area (Å²) < 4.78 is 4.41. The van der Waals surface area contributed by atoms with Crippen LogP contribution in [0.3, 0.4) is 0 Å². The van der Waals surface area contributed by atoms with Crippen molar-refractivity contribution in [2.45, 2.75) is 52.5 Å². The summed E-state index contributed by atoms with van der Waals surface area (Å²) in [5.41, 5.74) is 1.07. The maximum atomic E-state index is 4.59. The Morgan fingerprint density at radius 2 is 2.05 bits per heavy atom. The predicted octanol–water partition coefficient (Wildman–Crippen LogP) is 4.03. The van der Waals surface area contributed by atoms with Gasteiger partial charge < -0.3 is 5.32 Å². The van der Waals surface area contributed by atoms with Gasteiger partial charge in [-0.25, -0.2) is 9.97 Å². The van der Waals surface area contributed by atoms with Crippen LogP contribution < -0.4 is 5.32 Å². The van der Waals surface area contributed by atoms with E-state index in [1.54, 1.807) is 11.3 Å². The summed E-state index contributed by atoms with van der Waals surface area (Å²) in [4.78, 5) is 9.14. The standard InChI is InChI=1S/C13H20N4S2/c1-6-10-15-9(7-18-10)8(2)14-12-16-11(17-19-12)13(3,4)5/h7-8H,6H2,1-5H3,(H,14,16,17). The van der Waals surface area contributed by atoms with Crippen LogP contribution in [0.1, 0.15) is 57.2 Å². The van der Waals surface area contributed by atoms with Crippen molar-refractivity contribution in [3.05, 3.63) is 21.9 Å². The van der Waals surface area contributed by atoms with Gasteiger partial charge in [-0.3, -0.25) is 0 Å². The van der Waals surface area contributed by atoms with Crippen LogP contribution in [0.4, 0.5) is 5.13 Å². The lowest BCUT2D eigenvalue weighted by molar-refractivity contribution is 0.555. The van der Waals surface area contributed by atoms with Gasteiger partial charge in [0.2, 0.25) is 5.13 Å². The largest absolute Gasteiger partial charge is 0.352 e. The highest BCUT2D eigenvalue weighted by Gasteiger charge is 2.20. The summed E-state index contributed by atoms with van der Waals surface area (Å²) in [6.45, 7) is 10.6. The fourth-order valence-corrected chi connectivity index (χ4v) is 3.22. The highest BCUT2D eigenvalue weighted by Crippen LogP contribution is 2.26. The summed E-state index contributed by atoms with van der Waals surface area (Å²) >= 11 is 3.13. The Balaban J connectivity index is 2.06. The summed E-state index contributed by atoms with van der Waals surface area (Å²) in [6.07, 6.45) is 0.990. The van der Waals surface area contributed by atoms with Gasteiger partial charge in [0.15, 0.2) is 0 Å². The summed E-state index contributed by atoms with van der Waals surface area (Å²) in [6, 6.07) is 0.164. The molecule has 1 atom stereocenters. The van der Waals surface area contributed by atoms with Crippen molar-refractivity contribution in [2.24, 2.45) is 0 Å². The van der Waals surface area contributed by atoms with Crippen LogP contribution in [-0.2, 0) is 11.8 Å². The molecule has 0 bridgehead atoms. The number of hydrogen-bond acceptors (Lipinski definition) is 6. The first-order valence-electron chi connectivity index (χ1n) is 6.45. The van der Waals surface area contributed by atoms with Gasteiger partial charge in [-0.05, 0) is 13.3 Å². The number of rotatable bonds is 4. The topological polar surface area (TPSA) is 50.7 Å². The summed E-state index contributed by atoms with van der Waals surface area (Å²) in [5.74, 6) is 0.889. The molecule has 6 heteroatoms.